The second-order valence-corrected chi connectivity index (χ2v) is 5.77. The Labute approximate surface area is 117 Å². The molecular weight excluding hydrogens is 261 g/mol. The average molecular weight is 281 g/mol. The van der Waals surface area contributed by atoms with E-state index in [4.69, 9.17) is 0 Å². The predicted molar refractivity (Wildman–Crippen MR) is 73.0 cm³/mol. The molecule has 1 aromatic rings. The van der Waals surface area contributed by atoms with Gasteiger partial charge >= 0.3 is 0 Å². The Hall–Kier alpha value is -1.62. The normalized spacial score (nSPS) is 26.2. The zero-order valence-electron chi connectivity index (χ0n) is 11.5. The number of hydrogen-bond acceptors (Lipinski definition) is 3. The molecule has 2 atom stereocenters. The number of hydrogen-bond donors (Lipinski definition) is 3. The van der Waals surface area contributed by atoms with Crippen molar-refractivity contribution >= 4 is 5.91 Å². The summed E-state index contributed by atoms with van der Waals surface area (Å²) in [5, 5.41) is 22.6. The molecule has 20 heavy (non-hydrogen) atoms. The highest BCUT2D eigenvalue weighted by Crippen LogP contribution is 2.31. The van der Waals surface area contributed by atoms with Crippen LogP contribution in [0.2, 0.25) is 0 Å². The fourth-order valence-electron chi connectivity index (χ4n) is 2.83. The summed E-state index contributed by atoms with van der Waals surface area (Å²) in [4.78, 5) is 11.9. The van der Waals surface area contributed by atoms with Gasteiger partial charge in [0.05, 0.1) is 11.2 Å². The van der Waals surface area contributed by atoms with Crippen LogP contribution in [0.1, 0.15) is 43.0 Å². The molecule has 1 saturated carbocycles. The monoisotopic (exact) mass is 281 g/mol. The quantitative estimate of drug-likeness (QED) is 0.795. The van der Waals surface area contributed by atoms with Gasteiger partial charge in [0, 0.05) is 12.6 Å². The highest BCUT2D eigenvalue weighted by Gasteiger charge is 2.33. The molecule has 0 aromatic heterocycles. The van der Waals surface area contributed by atoms with Crippen LogP contribution in [0.25, 0.3) is 0 Å². The highest BCUT2D eigenvalue weighted by atomic mass is 19.1. The third-order valence-corrected chi connectivity index (χ3v) is 3.85. The van der Waals surface area contributed by atoms with Crippen LogP contribution in [0.15, 0.2) is 18.2 Å². The Morgan fingerprint density at radius 3 is 2.95 bits per heavy atom. The number of amides is 1. The molecule has 2 rings (SSSR count). The average Bonchev–Trinajstić information content (AvgIpc) is 2.36. The number of rotatable bonds is 3. The summed E-state index contributed by atoms with van der Waals surface area (Å²) in [5.41, 5.74) is -0.873. The molecule has 0 aliphatic heterocycles. The largest absolute Gasteiger partial charge is 0.507 e. The van der Waals surface area contributed by atoms with Crippen LogP contribution < -0.4 is 5.32 Å². The summed E-state index contributed by atoms with van der Waals surface area (Å²) in [6.07, 6.45) is 3.35. The Bertz CT molecular complexity index is 506. The van der Waals surface area contributed by atoms with Gasteiger partial charge < -0.3 is 15.5 Å². The lowest BCUT2D eigenvalue weighted by atomic mass is 9.79. The second kappa shape index (κ2) is 5.79. The van der Waals surface area contributed by atoms with Crippen molar-refractivity contribution in [2.45, 2.75) is 38.2 Å². The maximum atomic E-state index is 12.9. The van der Waals surface area contributed by atoms with Gasteiger partial charge in [-0.05, 0) is 30.9 Å². The van der Waals surface area contributed by atoms with Crippen molar-refractivity contribution in [1.82, 2.24) is 5.32 Å². The van der Waals surface area contributed by atoms with E-state index in [1.807, 2.05) is 0 Å². The molecule has 2 unspecified atom stereocenters. The van der Waals surface area contributed by atoms with E-state index in [9.17, 15) is 19.4 Å². The number of phenolic OH excluding ortho intramolecular Hbond substituents is 1. The molecule has 3 N–H and O–H groups in total. The van der Waals surface area contributed by atoms with Gasteiger partial charge in [0.2, 0.25) is 0 Å². The molecule has 5 heteroatoms. The summed E-state index contributed by atoms with van der Waals surface area (Å²) >= 11 is 0. The molecule has 4 nitrogen and oxygen atoms in total. The molecule has 1 aliphatic carbocycles. The fraction of sp³-hybridized carbons (Fsp3) is 0.533. The van der Waals surface area contributed by atoms with E-state index in [0.717, 1.165) is 25.0 Å². The van der Waals surface area contributed by atoms with E-state index in [1.54, 1.807) is 0 Å². The molecule has 1 aliphatic rings. The maximum absolute atomic E-state index is 12.9. The zero-order chi connectivity index (χ0) is 14.8. The summed E-state index contributed by atoms with van der Waals surface area (Å²) in [5.74, 6) is -1.07. The number of nitrogens with one attached hydrogen (secondary N) is 1. The van der Waals surface area contributed by atoms with E-state index in [-0.39, 0.29) is 12.1 Å². The third kappa shape index (κ3) is 3.48. The van der Waals surface area contributed by atoms with Gasteiger partial charge in [-0.3, -0.25) is 4.79 Å². The van der Waals surface area contributed by atoms with Crippen LogP contribution >= 0.6 is 0 Å². The Kier molecular flexibility index (Phi) is 4.28. The van der Waals surface area contributed by atoms with Crippen molar-refractivity contribution in [1.29, 1.82) is 0 Å². The first-order valence-corrected chi connectivity index (χ1v) is 6.89. The van der Waals surface area contributed by atoms with Crippen molar-refractivity contribution in [2.75, 3.05) is 6.54 Å². The van der Waals surface area contributed by atoms with E-state index >= 15 is 0 Å². The number of phenols is 1. The van der Waals surface area contributed by atoms with E-state index in [1.165, 1.54) is 6.07 Å². The standard InChI is InChI=1S/C15H20FNO3/c1-10-3-2-6-15(20,8-10)9-17-14(19)12-5-4-11(16)7-13(12)18/h4-5,7,10,18,20H,2-3,6,8-9H2,1H3,(H,17,19). The molecule has 1 aromatic carbocycles. The molecule has 110 valence electrons. The van der Waals surface area contributed by atoms with Gasteiger partial charge in [-0.25, -0.2) is 4.39 Å². The first-order valence-electron chi connectivity index (χ1n) is 6.89. The lowest BCUT2D eigenvalue weighted by Gasteiger charge is -2.35. The molecule has 0 heterocycles. The van der Waals surface area contributed by atoms with Gasteiger partial charge in [-0.1, -0.05) is 19.8 Å². The van der Waals surface area contributed by atoms with Crippen molar-refractivity contribution in [3.63, 3.8) is 0 Å². The van der Waals surface area contributed by atoms with Crippen LogP contribution in [-0.2, 0) is 0 Å². The number of carbonyl (C=O) groups is 1. The number of aromatic hydroxyl groups is 1. The van der Waals surface area contributed by atoms with Gasteiger partial charge in [-0.15, -0.1) is 0 Å². The Morgan fingerprint density at radius 2 is 2.30 bits per heavy atom. The third-order valence-electron chi connectivity index (χ3n) is 3.85. The molecule has 1 amide bonds. The smallest absolute Gasteiger partial charge is 0.255 e. The molecule has 0 saturated heterocycles. The van der Waals surface area contributed by atoms with Gasteiger partial charge in [-0.2, -0.15) is 0 Å². The molecule has 0 spiro atoms. The first kappa shape index (κ1) is 14.8. The van der Waals surface area contributed by atoms with Gasteiger partial charge in [0.1, 0.15) is 11.6 Å². The zero-order valence-corrected chi connectivity index (χ0v) is 11.5. The second-order valence-electron chi connectivity index (χ2n) is 5.77. The minimum atomic E-state index is -0.886. The van der Waals surface area contributed by atoms with Crippen molar-refractivity contribution in [3.8, 4) is 5.75 Å². The van der Waals surface area contributed by atoms with E-state index in [0.29, 0.717) is 18.8 Å². The molecule has 0 bridgehead atoms. The number of halogens is 1. The van der Waals surface area contributed by atoms with Gasteiger partial charge in [0.15, 0.2) is 0 Å². The molecule has 0 radical (unpaired) electrons. The number of aliphatic hydroxyl groups is 1. The lowest BCUT2D eigenvalue weighted by Crippen LogP contribution is -2.45. The van der Waals surface area contributed by atoms with E-state index < -0.39 is 23.1 Å². The first-order chi connectivity index (χ1) is 9.39. The van der Waals surface area contributed by atoms with Crippen molar-refractivity contribution in [3.05, 3.63) is 29.6 Å². The summed E-state index contributed by atoms with van der Waals surface area (Å²) < 4.78 is 12.9. The Balaban J connectivity index is 1.98. The van der Waals surface area contributed by atoms with Gasteiger partial charge in [0.25, 0.3) is 5.91 Å². The van der Waals surface area contributed by atoms with Crippen LogP contribution in [0.5, 0.6) is 5.75 Å². The fourth-order valence-corrected chi connectivity index (χ4v) is 2.83. The molecular formula is C15H20FNO3. The number of benzene rings is 1. The predicted octanol–water partition coefficient (Wildman–Crippen LogP) is 2.20. The van der Waals surface area contributed by atoms with Crippen molar-refractivity contribution in [2.24, 2.45) is 5.92 Å². The van der Waals surface area contributed by atoms with Crippen molar-refractivity contribution < 1.29 is 19.4 Å². The van der Waals surface area contributed by atoms with Crippen LogP contribution in [0, 0.1) is 11.7 Å². The van der Waals surface area contributed by atoms with Crippen LogP contribution in [0.3, 0.4) is 0 Å². The highest BCUT2D eigenvalue weighted by molar-refractivity contribution is 5.96. The molecule has 1 fully saturated rings. The van der Waals surface area contributed by atoms with Crippen LogP contribution in [-0.4, -0.2) is 28.3 Å². The number of carbonyl (C=O) groups excluding carboxylic acids is 1. The summed E-state index contributed by atoms with van der Waals surface area (Å²) in [6, 6.07) is 3.24. The van der Waals surface area contributed by atoms with Crippen LogP contribution in [0.4, 0.5) is 4.39 Å². The minimum Gasteiger partial charge on any atom is -0.507 e. The summed E-state index contributed by atoms with van der Waals surface area (Å²) in [6.45, 7) is 2.23. The lowest BCUT2D eigenvalue weighted by molar-refractivity contribution is -0.0109. The maximum Gasteiger partial charge on any atom is 0.255 e. The minimum absolute atomic E-state index is 0.0128. The topological polar surface area (TPSA) is 69.6 Å². The SMILES string of the molecule is CC1CCCC(O)(CNC(=O)c2ccc(F)cc2O)C1. The van der Waals surface area contributed by atoms with E-state index in [2.05, 4.69) is 12.2 Å². The summed E-state index contributed by atoms with van der Waals surface area (Å²) in [7, 11) is 0. The Morgan fingerprint density at radius 1 is 1.55 bits per heavy atom.